The molecular formula is C19H32O6S. The third kappa shape index (κ3) is 3.31. The van der Waals surface area contributed by atoms with E-state index in [1.165, 1.54) is 7.11 Å². The molecule has 7 atom stereocenters. The number of hydrogen-bond acceptors (Lipinski definition) is 5. The zero-order valence-electron chi connectivity index (χ0n) is 16.2. The summed E-state index contributed by atoms with van der Waals surface area (Å²) in [5.41, 5.74) is -0.266. The fourth-order valence-corrected chi connectivity index (χ4v) is 7.00. The third-order valence-electron chi connectivity index (χ3n) is 8.23. The number of hydrogen-bond donors (Lipinski definition) is 1. The molecule has 0 radical (unpaired) electrons. The van der Waals surface area contributed by atoms with Crippen molar-refractivity contribution in [1.82, 2.24) is 0 Å². The molecule has 3 rings (SSSR count). The van der Waals surface area contributed by atoms with Crippen molar-refractivity contribution in [3.63, 3.8) is 0 Å². The van der Waals surface area contributed by atoms with Crippen LogP contribution in [0.15, 0.2) is 0 Å². The standard InChI is InChI=1S/C19H32O6S/c1-12-15-6-5-13-11-14(25-26(21,22)23)7-9-19(13,3)16(15)8-10-18(12,2)17(20)24-4/h12-16H,5-11H2,1-4H3,(H,21,22,23)/t12-,13+,14+,15?,16?,18-,19-/m0/s1. The predicted molar refractivity (Wildman–Crippen MR) is 96.6 cm³/mol. The van der Waals surface area contributed by atoms with Crippen LogP contribution < -0.4 is 0 Å². The number of fused-ring (bicyclic) bond motifs is 3. The van der Waals surface area contributed by atoms with Gasteiger partial charge in [-0.25, -0.2) is 4.18 Å². The van der Waals surface area contributed by atoms with E-state index < -0.39 is 21.9 Å². The van der Waals surface area contributed by atoms with Gasteiger partial charge < -0.3 is 4.74 Å². The lowest BCUT2D eigenvalue weighted by Gasteiger charge is -2.60. The molecule has 0 saturated heterocycles. The number of esters is 1. The fraction of sp³-hybridized carbons (Fsp3) is 0.947. The van der Waals surface area contributed by atoms with Gasteiger partial charge in [-0.05, 0) is 81.0 Å². The molecular weight excluding hydrogens is 356 g/mol. The van der Waals surface area contributed by atoms with Crippen LogP contribution >= 0.6 is 0 Å². The Hall–Kier alpha value is -0.660. The molecule has 0 spiro atoms. The summed E-state index contributed by atoms with van der Waals surface area (Å²) in [5.74, 6) is 1.62. The van der Waals surface area contributed by atoms with Gasteiger partial charge in [0.25, 0.3) is 0 Å². The van der Waals surface area contributed by atoms with Crippen molar-refractivity contribution in [2.24, 2.45) is 34.5 Å². The average Bonchev–Trinajstić information content (AvgIpc) is 2.56. The molecule has 3 aliphatic rings. The first kappa shape index (κ1) is 20.1. The van der Waals surface area contributed by atoms with Gasteiger partial charge in [0, 0.05) is 0 Å². The Labute approximate surface area is 157 Å². The van der Waals surface area contributed by atoms with Crippen molar-refractivity contribution in [2.75, 3.05) is 7.11 Å². The van der Waals surface area contributed by atoms with Crippen molar-refractivity contribution in [1.29, 1.82) is 0 Å². The molecule has 2 unspecified atom stereocenters. The topological polar surface area (TPSA) is 89.9 Å². The molecule has 0 aromatic heterocycles. The van der Waals surface area contributed by atoms with E-state index in [-0.39, 0.29) is 17.3 Å². The second kappa shape index (κ2) is 6.74. The van der Waals surface area contributed by atoms with Crippen molar-refractivity contribution >= 4 is 16.4 Å². The molecule has 150 valence electrons. The maximum Gasteiger partial charge on any atom is 0.397 e. The van der Waals surface area contributed by atoms with E-state index in [1.54, 1.807) is 0 Å². The molecule has 0 aromatic carbocycles. The summed E-state index contributed by atoms with van der Waals surface area (Å²) in [7, 11) is -2.92. The van der Waals surface area contributed by atoms with E-state index >= 15 is 0 Å². The van der Waals surface area contributed by atoms with Crippen LogP contribution in [-0.4, -0.2) is 32.2 Å². The van der Waals surface area contributed by atoms with Crippen LogP contribution in [0.5, 0.6) is 0 Å². The maximum absolute atomic E-state index is 12.4. The molecule has 6 nitrogen and oxygen atoms in total. The summed E-state index contributed by atoms with van der Waals surface area (Å²) in [6, 6.07) is 0. The minimum atomic E-state index is -4.39. The highest BCUT2D eigenvalue weighted by molar-refractivity contribution is 7.80. The highest BCUT2D eigenvalue weighted by atomic mass is 32.3. The Morgan fingerprint density at radius 3 is 2.42 bits per heavy atom. The Balaban J connectivity index is 1.77. The van der Waals surface area contributed by atoms with Crippen LogP contribution in [0, 0.1) is 34.5 Å². The van der Waals surface area contributed by atoms with Crippen LogP contribution in [0.25, 0.3) is 0 Å². The number of carbonyl (C=O) groups is 1. The van der Waals surface area contributed by atoms with Gasteiger partial charge in [0.1, 0.15) is 0 Å². The maximum atomic E-state index is 12.4. The number of carbonyl (C=O) groups excluding carboxylic acids is 1. The minimum absolute atomic E-state index is 0.0963. The summed E-state index contributed by atoms with van der Waals surface area (Å²) in [5, 5.41) is 0. The lowest BCUT2D eigenvalue weighted by Crippen LogP contribution is -2.55. The van der Waals surface area contributed by atoms with E-state index in [4.69, 9.17) is 13.5 Å². The SMILES string of the molecule is COC(=O)[C@@]1(C)CCC2C(CC[C@@H]3C[C@H](OS(=O)(=O)O)CC[C@]23C)[C@@H]1C. The average molecular weight is 389 g/mol. The molecule has 26 heavy (non-hydrogen) atoms. The molecule has 0 aromatic rings. The summed E-state index contributed by atoms with van der Waals surface area (Å²) in [6.45, 7) is 6.58. The molecule has 7 heteroatoms. The normalized spacial score (nSPS) is 46.1. The zero-order valence-corrected chi connectivity index (χ0v) is 17.0. The largest absolute Gasteiger partial charge is 0.469 e. The number of ether oxygens (including phenoxy) is 1. The Bertz CT molecular complexity index is 661. The van der Waals surface area contributed by atoms with Crippen molar-refractivity contribution in [3.05, 3.63) is 0 Å². The van der Waals surface area contributed by atoms with Crippen LogP contribution in [-0.2, 0) is 24.1 Å². The lowest BCUT2D eigenvalue weighted by atomic mass is 9.45. The van der Waals surface area contributed by atoms with E-state index in [0.29, 0.717) is 30.6 Å². The van der Waals surface area contributed by atoms with Crippen molar-refractivity contribution in [3.8, 4) is 0 Å². The molecule has 0 bridgehead atoms. The first-order valence-corrected chi connectivity index (χ1v) is 11.1. The highest BCUT2D eigenvalue weighted by Gasteiger charge is 2.58. The van der Waals surface area contributed by atoms with Crippen LogP contribution in [0.3, 0.4) is 0 Å². The first-order chi connectivity index (χ1) is 12.0. The van der Waals surface area contributed by atoms with Gasteiger partial charge in [0.15, 0.2) is 0 Å². The zero-order chi connectivity index (χ0) is 19.3. The van der Waals surface area contributed by atoms with Gasteiger partial charge in [0.2, 0.25) is 0 Å². The quantitative estimate of drug-likeness (QED) is 0.587. The Kier molecular flexibility index (Phi) is 5.21. The summed E-state index contributed by atoms with van der Waals surface area (Å²) < 4.78 is 41.1. The summed E-state index contributed by atoms with van der Waals surface area (Å²) in [4.78, 5) is 12.4. The van der Waals surface area contributed by atoms with Crippen molar-refractivity contribution < 1.29 is 26.7 Å². The molecule has 0 heterocycles. The number of methoxy groups -OCH3 is 1. The summed E-state index contributed by atoms with van der Waals surface area (Å²) in [6.07, 6.45) is 5.75. The molecule has 3 saturated carbocycles. The first-order valence-electron chi connectivity index (χ1n) is 9.75. The Morgan fingerprint density at radius 1 is 1.12 bits per heavy atom. The second-order valence-corrected chi connectivity index (χ2v) is 10.3. The van der Waals surface area contributed by atoms with Gasteiger partial charge in [0.05, 0.1) is 18.6 Å². The number of rotatable bonds is 3. The molecule has 3 fully saturated rings. The third-order valence-corrected chi connectivity index (χ3v) is 8.74. The lowest BCUT2D eigenvalue weighted by molar-refractivity contribution is -0.170. The van der Waals surface area contributed by atoms with E-state index in [2.05, 4.69) is 13.8 Å². The second-order valence-electron chi connectivity index (χ2n) is 9.21. The predicted octanol–water partition coefficient (Wildman–Crippen LogP) is 3.62. The smallest absolute Gasteiger partial charge is 0.397 e. The highest BCUT2D eigenvalue weighted by Crippen LogP contribution is 2.63. The molecule has 0 amide bonds. The van der Waals surface area contributed by atoms with Gasteiger partial charge in [-0.1, -0.05) is 13.8 Å². The van der Waals surface area contributed by atoms with E-state index in [1.807, 2.05) is 6.92 Å². The van der Waals surface area contributed by atoms with Crippen LogP contribution in [0.2, 0.25) is 0 Å². The monoisotopic (exact) mass is 388 g/mol. The van der Waals surface area contributed by atoms with E-state index in [9.17, 15) is 13.2 Å². The van der Waals surface area contributed by atoms with Crippen LogP contribution in [0.4, 0.5) is 0 Å². The molecule has 3 aliphatic carbocycles. The van der Waals surface area contributed by atoms with Gasteiger partial charge >= 0.3 is 16.4 Å². The minimum Gasteiger partial charge on any atom is -0.469 e. The van der Waals surface area contributed by atoms with Gasteiger partial charge in [-0.3, -0.25) is 9.35 Å². The molecule has 0 aliphatic heterocycles. The van der Waals surface area contributed by atoms with Gasteiger partial charge in [-0.2, -0.15) is 8.42 Å². The Morgan fingerprint density at radius 2 is 1.81 bits per heavy atom. The van der Waals surface area contributed by atoms with E-state index in [0.717, 1.165) is 32.1 Å². The van der Waals surface area contributed by atoms with Crippen molar-refractivity contribution in [2.45, 2.75) is 71.8 Å². The van der Waals surface area contributed by atoms with Crippen LogP contribution in [0.1, 0.15) is 65.7 Å². The fourth-order valence-electron chi connectivity index (χ4n) is 6.48. The summed E-state index contributed by atoms with van der Waals surface area (Å²) >= 11 is 0. The van der Waals surface area contributed by atoms with Gasteiger partial charge in [-0.15, -0.1) is 0 Å². The molecule has 1 N–H and O–H groups in total.